The van der Waals surface area contributed by atoms with Crippen LogP contribution in [0.15, 0.2) is 9.98 Å². The molecule has 0 aromatic rings. The number of rotatable bonds is 3. The monoisotopic (exact) mass is 460 g/mol. The maximum Gasteiger partial charge on any atom is 1.00 e. The van der Waals surface area contributed by atoms with Crippen molar-refractivity contribution in [3.05, 3.63) is 0 Å². The van der Waals surface area contributed by atoms with E-state index in [-0.39, 0.29) is 123 Å². The van der Waals surface area contributed by atoms with Crippen LogP contribution in [0.25, 0.3) is 0 Å². The molecule has 0 saturated carbocycles. The number of nitriles is 2. The second kappa shape index (κ2) is 50.0. The summed E-state index contributed by atoms with van der Waals surface area (Å²) in [5.41, 5.74) is 4.24. The maximum absolute atomic E-state index is 9.90. The van der Waals surface area contributed by atoms with Crippen molar-refractivity contribution in [1.29, 1.82) is 10.5 Å². The number of nitrogens with zero attached hydrogens (tertiary/aromatic N) is 4. The van der Waals surface area contributed by atoms with E-state index in [0.717, 1.165) is 7.11 Å². The quantitative estimate of drug-likeness (QED) is 0.0632. The molecule has 0 fully saturated rings. The third-order valence-corrected chi connectivity index (χ3v) is 1.88. The van der Waals surface area contributed by atoms with Gasteiger partial charge in [-0.3, -0.25) is 4.18 Å². The Balaban J connectivity index is -0.0000000180. The zero-order chi connectivity index (χ0) is 14.9. The minimum absolute atomic E-state index is 0. The van der Waals surface area contributed by atoms with Crippen molar-refractivity contribution in [2.75, 3.05) is 19.3 Å². The summed E-state index contributed by atoms with van der Waals surface area (Å²) < 4.78 is 23.6. The van der Waals surface area contributed by atoms with Crippen LogP contribution >= 0.6 is 11.8 Å². The largest absolute Gasteiger partial charge is 1.00 e. The number of thioether (sulfide) groups is 1. The Morgan fingerprint density at radius 3 is 1.62 bits per heavy atom. The van der Waals surface area contributed by atoms with Crippen molar-refractivity contribution in [3.63, 3.8) is 0 Å². The first-order chi connectivity index (χ1) is 8.45. The number of hydrogen-bond donors (Lipinski definition) is 1. The predicted molar refractivity (Wildman–Crippen MR) is 94.2 cm³/mol. The number of thiol groups is 2. The second-order valence-electron chi connectivity index (χ2n) is 1.66. The molecule has 0 unspecified atom stereocenters. The summed E-state index contributed by atoms with van der Waals surface area (Å²) in [4.78, 5) is 5.95. The van der Waals surface area contributed by atoms with Gasteiger partial charge in [-0.2, -0.15) is 8.42 Å². The number of aliphatic hydroxyl groups is 1. The molecule has 0 aliphatic heterocycles. The van der Waals surface area contributed by atoms with Crippen LogP contribution in [-0.2, 0) is 53.9 Å². The van der Waals surface area contributed by atoms with Crippen molar-refractivity contribution in [2.24, 2.45) is 9.98 Å². The van der Waals surface area contributed by atoms with Gasteiger partial charge < -0.3 is 70.8 Å². The van der Waals surface area contributed by atoms with E-state index >= 15 is 0 Å². The van der Waals surface area contributed by atoms with Gasteiger partial charge in [0.2, 0.25) is 0 Å². The topological polar surface area (TPSA) is 136 Å². The van der Waals surface area contributed by atoms with Crippen LogP contribution < -0.4 is 88.7 Å². The van der Waals surface area contributed by atoms with E-state index in [1.807, 2.05) is 5.55 Å². The summed E-state index contributed by atoms with van der Waals surface area (Å²) in [5.74, 6) is -0.955. The molecule has 0 aliphatic rings. The average Bonchev–Trinajstić information content (AvgIpc) is 2.39. The van der Waals surface area contributed by atoms with E-state index in [9.17, 15) is 8.42 Å². The molecule has 1 N–H and O–H groups in total. The summed E-state index contributed by atoms with van der Waals surface area (Å²) in [5, 5.41) is 23.1. The smallest absolute Gasteiger partial charge is 0.895 e. The van der Waals surface area contributed by atoms with Crippen LogP contribution in [0, 0.1) is 22.9 Å². The summed E-state index contributed by atoms with van der Waals surface area (Å²) in [7, 11) is -2.61. The first-order valence-electron chi connectivity index (χ1n) is 3.67. The van der Waals surface area contributed by atoms with E-state index in [1.54, 1.807) is 12.4 Å². The van der Waals surface area contributed by atoms with Gasteiger partial charge in [0.05, 0.1) is 7.11 Å². The van der Waals surface area contributed by atoms with E-state index in [4.69, 9.17) is 15.6 Å². The van der Waals surface area contributed by atoms with Crippen molar-refractivity contribution in [2.45, 2.75) is 7.43 Å². The third kappa shape index (κ3) is 74.3. The van der Waals surface area contributed by atoms with Crippen LogP contribution in [0.3, 0.4) is 0 Å². The SMILES string of the molecule is C.COS(=O)(=O)CO.CS[C-]=NC#N.N#CN=[C-][S-].[Na+].[Na+].[Na+].[SH-].[SH-]. The normalized spacial score (nSPS) is 7.21. The predicted octanol–water partition coefficient (Wildman–Crippen LogP) is -9.32. The summed E-state index contributed by atoms with van der Waals surface area (Å²) >= 11 is 5.30. The van der Waals surface area contributed by atoms with Gasteiger partial charge in [0.25, 0.3) is 10.1 Å². The van der Waals surface area contributed by atoms with Crippen molar-refractivity contribution in [1.82, 2.24) is 0 Å². The van der Waals surface area contributed by atoms with E-state index in [2.05, 4.69) is 32.3 Å². The van der Waals surface area contributed by atoms with Crippen LogP contribution in [-0.4, -0.2) is 43.9 Å². The van der Waals surface area contributed by atoms with Crippen LogP contribution in [0.1, 0.15) is 7.43 Å². The van der Waals surface area contributed by atoms with Gasteiger partial charge in [-0.05, 0) is 18.6 Å². The first kappa shape index (κ1) is 56.3. The Kier molecular flexibility index (Phi) is 117. The molecule has 0 spiro atoms. The minimum atomic E-state index is -3.60. The zero-order valence-corrected chi connectivity index (χ0v) is 23.5. The molecule has 0 aromatic carbocycles. The van der Waals surface area contributed by atoms with E-state index < -0.39 is 16.1 Å². The molecule has 0 aliphatic carbocycles. The minimum Gasteiger partial charge on any atom is -0.895 e. The van der Waals surface area contributed by atoms with Gasteiger partial charge in [0.1, 0.15) is 0 Å². The molecule has 126 valence electrons. The fourth-order valence-electron chi connectivity index (χ4n) is 0.139. The van der Waals surface area contributed by atoms with Crippen molar-refractivity contribution >= 4 is 72.6 Å². The molecule has 0 atom stereocenters. The van der Waals surface area contributed by atoms with Gasteiger partial charge in [-0.25, -0.2) is 11.8 Å². The van der Waals surface area contributed by atoms with E-state index in [1.165, 1.54) is 18.0 Å². The molecule has 0 heterocycles. The van der Waals surface area contributed by atoms with Gasteiger partial charge in [0.15, 0.2) is 5.94 Å². The summed E-state index contributed by atoms with van der Waals surface area (Å²) in [6.07, 6.45) is 4.78. The summed E-state index contributed by atoms with van der Waals surface area (Å²) in [6, 6.07) is 0. The van der Waals surface area contributed by atoms with Crippen LogP contribution in [0.2, 0.25) is 0 Å². The molecule has 24 heavy (non-hydrogen) atoms. The van der Waals surface area contributed by atoms with Crippen molar-refractivity contribution in [3.8, 4) is 12.4 Å². The Labute approximate surface area is 235 Å². The molecule has 0 aromatic heterocycles. The fourth-order valence-corrected chi connectivity index (χ4v) is 0.418. The second-order valence-corrected chi connectivity index (χ2v) is 4.14. The molecule has 16 heteroatoms. The molecule has 8 nitrogen and oxygen atoms in total. The standard InChI is InChI=1S/C3H3N2S.C2N2S.C2H6O4S.CH4.3Na.2H2S/c1-6-3-5-2-4;3-1-4-2-5;1-6-7(4,5)2-3;;;;;;/h1H3;;3H,2H2,1H3;1H4;;;;2*1H2/q-1;-2;;;3*+1;;/p-2. The average molecular weight is 461 g/mol. The maximum atomic E-state index is 9.90. The van der Waals surface area contributed by atoms with E-state index in [0.29, 0.717) is 0 Å². The first-order valence-corrected chi connectivity index (χ1v) is 6.88. The molecular formula is C8H15N4Na3O4S5-2. The Hall–Kier alpha value is 2.46. The van der Waals surface area contributed by atoms with Crippen molar-refractivity contribution < 1.29 is 106 Å². The number of aliphatic imine (C=N–C) groups is 2. The molecule has 0 rings (SSSR count). The summed E-state index contributed by atoms with van der Waals surface area (Å²) in [6.45, 7) is 0. The Bertz CT molecular complexity index is 416. The molecule has 0 radical (unpaired) electrons. The molecule has 0 bridgehead atoms. The van der Waals surface area contributed by atoms with Gasteiger partial charge in [0, 0.05) is 0 Å². The van der Waals surface area contributed by atoms with Crippen LogP contribution in [0.4, 0.5) is 0 Å². The molecule has 0 amide bonds. The number of hydrogen-bond acceptors (Lipinski definition) is 12. The Morgan fingerprint density at radius 2 is 1.58 bits per heavy atom. The van der Waals surface area contributed by atoms with Gasteiger partial charge in [-0.1, -0.05) is 7.43 Å². The molecular weight excluding hydrogens is 445 g/mol. The van der Waals surface area contributed by atoms with Gasteiger partial charge in [-0.15, -0.1) is 5.55 Å². The Morgan fingerprint density at radius 1 is 1.21 bits per heavy atom. The van der Waals surface area contributed by atoms with Crippen LogP contribution in [0.5, 0.6) is 0 Å². The fraction of sp³-hybridized carbons (Fsp3) is 0.500. The number of aliphatic hydroxyl groups excluding tert-OH is 1. The zero-order valence-electron chi connectivity index (χ0n) is 13.3. The third-order valence-electron chi connectivity index (χ3n) is 0.695. The molecule has 0 saturated heterocycles. The van der Waals surface area contributed by atoms with Gasteiger partial charge >= 0.3 is 88.7 Å².